The minimum atomic E-state index is -0.605. The molecule has 78 valence electrons. The Hall–Kier alpha value is -0.830. The fraction of sp³-hybridized carbons (Fsp3) is 0.727. The molecule has 0 bridgehead atoms. The van der Waals surface area contributed by atoms with Gasteiger partial charge in [0.25, 0.3) is 0 Å². The largest absolute Gasteiger partial charge is 0.383 e. The molecule has 1 aromatic heterocycles. The van der Waals surface area contributed by atoms with Gasteiger partial charge in [0.2, 0.25) is 0 Å². The fourth-order valence-electron chi connectivity index (χ4n) is 2.18. The van der Waals surface area contributed by atoms with Crippen molar-refractivity contribution in [3.8, 4) is 0 Å². The second kappa shape index (κ2) is 3.39. The summed E-state index contributed by atoms with van der Waals surface area (Å²) in [5.41, 5.74) is 0.393. The Labute approximate surface area is 84.7 Å². The van der Waals surface area contributed by atoms with E-state index in [2.05, 4.69) is 18.9 Å². The maximum Gasteiger partial charge on any atom is 0.109 e. The van der Waals surface area contributed by atoms with Crippen molar-refractivity contribution in [3.63, 3.8) is 0 Å². The van der Waals surface area contributed by atoms with E-state index in [9.17, 15) is 5.11 Å². The highest BCUT2D eigenvalue weighted by molar-refractivity contribution is 5.17. The van der Waals surface area contributed by atoms with Gasteiger partial charge in [0.05, 0.1) is 5.69 Å². The zero-order valence-electron chi connectivity index (χ0n) is 8.90. The summed E-state index contributed by atoms with van der Waals surface area (Å²) in [6.07, 6.45) is 4.84. The van der Waals surface area contributed by atoms with Crippen molar-refractivity contribution < 1.29 is 5.11 Å². The zero-order chi connectivity index (χ0) is 10.2. The van der Waals surface area contributed by atoms with Crippen LogP contribution in [0, 0.1) is 5.92 Å². The molecular formula is C11H18N2O. The van der Waals surface area contributed by atoms with Crippen LogP contribution in [0.2, 0.25) is 0 Å². The van der Waals surface area contributed by atoms with Gasteiger partial charge in [-0.1, -0.05) is 13.8 Å². The highest BCUT2D eigenvalue weighted by Gasteiger charge is 2.45. The summed E-state index contributed by atoms with van der Waals surface area (Å²) in [6.45, 7) is 5.13. The number of rotatable bonds is 3. The third-order valence-electron chi connectivity index (χ3n) is 3.37. The van der Waals surface area contributed by atoms with Gasteiger partial charge >= 0.3 is 0 Å². The van der Waals surface area contributed by atoms with E-state index in [1.165, 1.54) is 0 Å². The molecule has 1 heterocycles. The molecule has 1 aliphatic rings. The minimum absolute atomic E-state index is 0.370. The topological polar surface area (TPSA) is 38.0 Å². The van der Waals surface area contributed by atoms with Gasteiger partial charge in [0, 0.05) is 12.7 Å². The summed E-state index contributed by atoms with van der Waals surface area (Å²) in [4.78, 5) is 0. The molecule has 0 saturated heterocycles. The lowest BCUT2D eigenvalue weighted by Gasteiger charge is -2.43. The molecule has 1 aromatic rings. The third kappa shape index (κ3) is 1.27. The quantitative estimate of drug-likeness (QED) is 0.798. The van der Waals surface area contributed by atoms with Crippen molar-refractivity contribution in [2.75, 3.05) is 0 Å². The lowest BCUT2D eigenvalue weighted by molar-refractivity contribution is -0.0995. The molecule has 1 N–H and O–H groups in total. The summed E-state index contributed by atoms with van der Waals surface area (Å²) in [7, 11) is 0. The maximum atomic E-state index is 10.4. The first-order valence-corrected chi connectivity index (χ1v) is 5.43. The number of nitrogens with zero attached hydrogens (tertiary/aromatic N) is 2. The van der Waals surface area contributed by atoms with E-state index < -0.39 is 5.60 Å². The lowest BCUT2D eigenvalue weighted by atomic mass is 9.68. The highest BCUT2D eigenvalue weighted by atomic mass is 16.3. The summed E-state index contributed by atoms with van der Waals surface area (Å²) < 4.78 is 1.94. The molecule has 3 heteroatoms. The van der Waals surface area contributed by atoms with Crippen molar-refractivity contribution in [1.29, 1.82) is 0 Å². The van der Waals surface area contributed by atoms with Crippen molar-refractivity contribution in [2.45, 2.75) is 45.3 Å². The van der Waals surface area contributed by atoms with E-state index in [1.807, 2.05) is 10.7 Å². The molecular weight excluding hydrogens is 176 g/mol. The van der Waals surface area contributed by atoms with Crippen LogP contribution in [-0.2, 0) is 12.1 Å². The predicted molar refractivity (Wildman–Crippen MR) is 54.8 cm³/mol. The van der Waals surface area contributed by atoms with Crippen molar-refractivity contribution in [1.82, 2.24) is 9.78 Å². The first kappa shape index (κ1) is 9.71. The van der Waals surface area contributed by atoms with Gasteiger partial charge in [0.15, 0.2) is 0 Å². The van der Waals surface area contributed by atoms with E-state index in [-0.39, 0.29) is 0 Å². The second-order valence-electron chi connectivity index (χ2n) is 4.30. The van der Waals surface area contributed by atoms with Gasteiger partial charge in [-0.15, -0.1) is 0 Å². The van der Waals surface area contributed by atoms with Crippen LogP contribution in [0.1, 0.15) is 38.8 Å². The lowest BCUT2D eigenvalue weighted by Crippen LogP contribution is -2.44. The van der Waals surface area contributed by atoms with Crippen molar-refractivity contribution in [2.24, 2.45) is 5.92 Å². The van der Waals surface area contributed by atoms with E-state index in [4.69, 9.17) is 0 Å². The van der Waals surface area contributed by atoms with E-state index >= 15 is 0 Å². The molecule has 0 spiro atoms. The average Bonchev–Trinajstić information content (AvgIpc) is 2.63. The number of aryl methyl sites for hydroxylation is 1. The molecule has 0 aromatic carbocycles. The van der Waals surface area contributed by atoms with Gasteiger partial charge in [-0.25, -0.2) is 0 Å². The Morgan fingerprint density at radius 3 is 3.00 bits per heavy atom. The number of aliphatic hydroxyl groups is 1. The predicted octanol–water partition coefficient (Wildman–Crippen LogP) is 1.91. The van der Waals surface area contributed by atoms with Crippen LogP contribution in [0.4, 0.5) is 0 Å². The number of aromatic nitrogens is 2. The Bertz CT molecular complexity index is 321. The molecule has 1 aliphatic carbocycles. The van der Waals surface area contributed by atoms with E-state index in [0.29, 0.717) is 5.92 Å². The molecule has 0 radical (unpaired) electrons. The van der Waals surface area contributed by atoms with E-state index in [0.717, 1.165) is 31.5 Å². The Balaban J connectivity index is 2.27. The second-order valence-corrected chi connectivity index (χ2v) is 4.30. The Morgan fingerprint density at radius 1 is 1.71 bits per heavy atom. The van der Waals surface area contributed by atoms with Crippen LogP contribution in [0.25, 0.3) is 0 Å². The SMILES string of the molecule is CCCn1nccc1C1(O)CCC1C. The smallest absolute Gasteiger partial charge is 0.109 e. The van der Waals surface area contributed by atoms with Gasteiger partial charge < -0.3 is 5.11 Å². The van der Waals surface area contributed by atoms with Crippen LogP contribution in [0.15, 0.2) is 12.3 Å². The van der Waals surface area contributed by atoms with E-state index in [1.54, 1.807) is 6.20 Å². The van der Waals surface area contributed by atoms with Gasteiger partial charge in [-0.2, -0.15) is 5.10 Å². The first-order chi connectivity index (χ1) is 6.68. The fourth-order valence-corrected chi connectivity index (χ4v) is 2.18. The Kier molecular flexibility index (Phi) is 2.35. The summed E-state index contributed by atoms with van der Waals surface area (Å²) in [5, 5.41) is 14.6. The van der Waals surface area contributed by atoms with Gasteiger partial charge in [0.1, 0.15) is 5.60 Å². The van der Waals surface area contributed by atoms with Crippen molar-refractivity contribution in [3.05, 3.63) is 18.0 Å². The van der Waals surface area contributed by atoms with Gasteiger partial charge in [-0.05, 0) is 31.2 Å². The molecule has 1 fully saturated rings. The summed E-state index contributed by atoms with van der Waals surface area (Å²) >= 11 is 0. The van der Waals surface area contributed by atoms with Crippen LogP contribution >= 0.6 is 0 Å². The van der Waals surface area contributed by atoms with Crippen LogP contribution in [-0.4, -0.2) is 14.9 Å². The highest BCUT2D eigenvalue weighted by Crippen LogP contribution is 2.45. The molecule has 2 rings (SSSR count). The van der Waals surface area contributed by atoms with Crippen LogP contribution in [0.3, 0.4) is 0 Å². The van der Waals surface area contributed by atoms with Gasteiger partial charge in [-0.3, -0.25) is 4.68 Å². The van der Waals surface area contributed by atoms with Crippen LogP contribution < -0.4 is 0 Å². The van der Waals surface area contributed by atoms with Crippen LogP contribution in [0.5, 0.6) is 0 Å². The zero-order valence-corrected chi connectivity index (χ0v) is 8.90. The Morgan fingerprint density at radius 2 is 2.50 bits per heavy atom. The molecule has 2 unspecified atom stereocenters. The number of hydrogen-bond acceptors (Lipinski definition) is 2. The first-order valence-electron chi connectivity index (χ1n) is 5.43. The monoisotopic (exact) mass is 194 g/mol. The normalized spacial score (nSPS) is 31.5. The molecule has 0 aliphatic heterocycles. The molecule has 2 atom stereocenters. The average molecular weight is 194 g/mol. The molecule has 14 heavy (non-hydrogen) atoms. The molecule has 1 saturated carbocycles. The summed E-state index contributed by atoms with van der Waals surface area (Å²) in [6, 6.07) is 1.95. The number of hydrogen-bond donors (Lipinski definition) is 1. The minimum Gasteiger partial charge on any atom is -0.383 e. The maximum absolute atomic E-state index is 10.4. The summed E-state index contributed by atoms with van der Waals surface area (Å²) in [5.74, 6) is 0.370. The third-order valence-corrected chi connectivity index (χ3v) is 3.37. The molecule has 3 nitrogen and oxygen atoms in total. The van der Waals surface area contributed by atoms with Crippen molar-refractivity contribution >= 4 is 0 Å². The molecule has 0 amide bonds. The standard InChI is InChI=1S/C11H18N2O/c1-3-8-13-10(5-7-12-13)11(14)6-4-9(11)2/h5,7,9,14H,3-4,6,8H2,1-2H3.